The van der Waals surface area contributed by atoms with Gasteiger partial charge in [-0.25, -0.2) is 5.84 Å². The van der Waals surface area contributed by atoms with Crippen molar-refractivity contribution < 1.29 is 27.1 Å². The molecule has 0 aliphatic carbocycles. The molecule has 1 rings (SSSR count). The maximum absolute atomic E-state index is 11.8. The summed E-state index contributed by atoms with van der Waals surface area (Å²) in [5.41, 5.74) is 2.22. The summed E-state index contributed by atoms with van der Waals surface area (Å²) in [5, 5.41) is 0. The minimum atomic E-state index is -4.38. The lowest BCUT2D eigenvalue weighted by molar-refractivity contribution is -0.176. The van der Waals surface area contributed by atoms with E-state index in [2.05, 4.69) is 4.74 Å². The Balaban J connectivity index is 2.60. The molecule has 1 aromatic rings. The Kier molecular flexibility index (Phi) is 4.13. The Bertz CT molecular complexity index is 401. The molecule has 17 heavy (non-hydrogen) atoms. The number of hydrogen-bond donors (Lipinski definition) is 2. The molecule has 5 nitrogen and oxygen atoms in total. The van der Waals surface area contributed by atoms with Gasteiger partial charge in [0.25, 0.3) is 0 Å². The van der Waals surface area contributed by atoms with E-state index in [1.54, 1.807) is 0 Å². The van der Waals surface area contributed by atoms with Gasteiger partial charge in [-0.3, -0.25) is 10.2 Å². The Morgan fingerprint density at radius 3 is 2.76 bits per heavy atom. The van der Waals surface area contributed by atoms with Crippen molar-refractivity contribution in [2.75, 3.05) is 6.61 Å². The number of nitrogen functional groups attached to an aromatic ring is 1. The van der Waals surface area contributed by atoms with Gasteiger partial charge in [0.05, 0.1) is 6.61 Å². The average molecular weight is 252 g/mol. The number of halogens is 3. The molecule has 8 heteroatoms. The average Bonchev–Trinajstić information content (AvgIpc) is 2.57. The van der Waals surface area contributed by atoms with E-state index in [1.807, 2.05) is 5.43 Å². The molecule has 0 radical (unpaired) electrons. The van der Waals surface area contributed by atoms with Crippen LogP contribution in [0.15, 0.2) is 10.5 Å². The molecule has 1 heterocycles. The van der Waals surface area contributed by atoms with Gasteiger partial charge in [-0.2, -0.15) is 13.2 Å². The van der Waals surface area contributed by atoms with Crippen LogP contribution in [0.3, 0.4) is 0 Å². The van der Waals surface area contributed by atoms with Gasteiger partial charge in [0, 0.05) is 5.56 Å². The fourth-order valence-corrected chi connectivity index (χ4v) is 1.12. The summed E-state index contributed by atoms with van der Waals surface area (Å²) in [6.45, 7) is -0.123. The maximum Gasteiger partial charge on any atom is 0.411 e. The number of amides is 1. The van der Waals surface area contributed by atoms with Gasteiger partial charge in [0.1, 0.15) is 12.4 Å². The van der Waals surface area contributed by atoms with E-state index in [-0.39, 0.29) is 12.4 Å². The van der Waals surface area contributed by atoms with Crippen LogP contribution < -0.4 is 11.3 Å². The summed E-state index contributed by atoms with van der Waals surface area (Å²) in [6.07, 6.45) is -4.38. The zero-order valence-electron chi connectivity index (χ0n) is 8.93. The van der Waals surface area contributed by atoms with Gasteiger partial charge >= 0.3 is 12.1 Å². The largest absolute Gasteiger partial charge is 0.456 e. The molecule has 0 bridgehead atoms. The van der Waals surface area contributed by atoms with E-state index in [1.165, 1.54) is 13.0 Å². The van der Waals surface area contributed by atoms with Crippen molar-refractivity contribution in [2.45, 2.75) is 19.7 Å². The molecule has 0 aromatic carbocycles. The van der Waals surface area contributed by atoms with Crippen molar-refractivity contribution in [3.63, 3.8) is 0 Å². The quantitative estimate of drug-likeness (QED) is 0.480. The smallest absolute Gasteiger partial charge is 0.411 e. The molecule has 1 amide bonds. The number of nitrogens with one attached hydrogen (secondary N) is 1. The fraction of sp³-hybridized carbons (Fsp3) is 0.444. The van der Waals surface area contributed by atoms with Crippen LogP contribution in [0, 0.1) is 6.92 Å². The van der Waals surface area contributed by atoms with Crippen molar-refractivity contribution in [1.82, 2.24) is 5.43 Å². The van der Waals surface area contributed by atoms with Crippen LogP contribution in [0.25, 0.3) is 0 Å². The minimum Gasteiger partial charge on any atom is -0.456 e. The lowest BCUT2D eigenvalue weighted by atomic mass is 10.2. The van der Waals surface area contributed by atoms with Gasteiger partial charge in [0.15, 0.2) is 5.76 Å². The second kappa shape index (κ2) is 5.19. The molecule has 1 aromatic heterocycles. The third-order valence-electron chi connectivity index (χ3n) is 1.90. The topological polar surface area (TPSA) is 77.5 Å². The fourth-order valence-electron chi connectivity index (χ4n) is 1.12. The van der Waals surface area contributed by atoms with Crippen molar-refractivity contribution in [1.29, 1.82) is 0 Å². The van der Waals surface area contributed by atoms with E-state index in [0.717, 1.165) is 0 Å². The van der Waals surface area contributed by atoms with Crippen LogP contribution in [0.1, 0.15) is 21.9 Å². The molecule has 0 spiro atoms. The second-order valence-corrected chi connectivity index (χ2v) is 3.27. The minimum absolute atomic E-state index is 0.0735. The third kappa shape index (κ3) is 4.08. The van der Waals surface area contributed by atoms with Crippen LogP contribution in [0.2, 0.25) is 0 Å². The Morgan fingerprint density at radius 2 is 2.24 bits per heavy atom. The Hall–Kier alpha value is -1.54. The van der Waals surface area contributed by atoms with Gasteiger partial charge in [0.2, 0.25) is 0 Å². The first-order chi connectivity index (χ1) is 7.83. The van der Waals surface area contributed by atoms with Gasteiger partial charge in [-0.15, -0.1) is 0 Å². The lowest BCUT2D eigenvalue weighted by Crippen LogP contribution is -2.29. The predicted octanol–water partition coefficient (Wildman–Crippen LogP) is 1.27. The first-order valence-corrected chi connectivity index (χ1v) is 4.58. The number of ether oxygens (including phenoxy) is 1. The number of furan rings is 1. The Morgan fingerprint density at radius 1 is 1.59 bits per heavy atom. The number of hydrogen-bond acceptors (Lipinski definition) is 4. The summed E-state index contributed by atoms with van der Waals surface area (Å²) < 4.78 is 44.9. The first-order valence-electron chi connectivity index (χ1n) is 4.58. The number of hydrazine groups is 1. The molecular formula is C9H11F3N2O3. The number of alkyl halides is 3. The molecule has 0 aliphatic heterocycles. The standard InChI is InChI=1S/C9H11F3N2O3/c1-5-6(3-16-4-9(10,11)12)2-7(17-5)8(15)14-13/h2H,3-4,13H2,1H3,(H,14,15). The maximum atomic E-state index is 11.8. The summed E-state index contributed by atoms with van der Waals surface area (Å²) in [5.74, 6) is 4.46. The molecule has 0 unspecified atom stereocenters. The molecule has 96 valence electrons. The van der Waals surface area contributed by atoms with E-state index >= 15 is 0 Å². The van der Waals surface area contributed by atoms with Crippen LogP contribution >= 0.6 is 0 Å². The monoisotopic (exact) mass is 252 g/mol. The highest BCUT2D eigenvalue weighted by molar-refractivity contribution is 5.91. The van der Waals surface area contributed by atoms with Crippen LogP contribution in [-0.4, -0.2) is 18.7 Å². The van der Waals surface area contributed by atoms with Crippen molar-refractivity contribution >= 4 is 5.91 Å². The number of carbonyl (C=O) groups excluding carboxylic acids is 1. The molecule has 0 fully saturated rings. The third-order valence-corrected chi connectivity index (χ3v) is 1.90. The predicted molar refractivity (Wildman–Crippen MR) is 50.8 cm³/mol. The van der Waals surface area contributed by atoms with Crippen molar-refractivity contribution in [2.24, 2.45) is 5.84 Å². The number of aryl methyl sites for hydroxylation is 1. The molecule has 3 N–H and O–H groups in total. The molecule has 0 atom stereocenters. The summed E-state index contributed by atoms with van der Waals surface area (Å²) in [4.78, 5) is 11.1. The van der Waals surface area contributed by atoms with Crippen molar-refractivity contribution in [3.05, 3.63) is 23.2 Å². The number of nitrogens with two attached hydrogens (primary N) is 1. The van der Waals surface area contributed by atoms with Gasteiger partial charge in [-0.05, 0) is 13.0 Å². The lowest BCUT2D eigenvalue weighted by Gasteiger charge is -2.06. The molecule has 0 saturated carbocycles. The normalized spacial score (nSPS) is 11.6. The van der Waals surface area contributed by atoms with E-state index in [0.29, 0.717) is 11.3 Å². The van der Waals surface area contributed by atoms with E-state index in [4.69, 9.17) is 10.3 Å². The second-order valence-electron chi connectivity index (χ2n) is 3.27. The number of rotatable bonds is 4. The number of carbonyl (C=O) groups is 1. The van der Waals surface area contributed by atoms with Gasteiger partial charge < -0.3 is 9.15 Å². The van der Waals surface area contributed by atoms with Crippen LogP contribution in [0.4, 0.5) is 13.2 Å². The molecular weight excluding hydrogens is 241 g/mol. The Labute approximate surface area is 94.7 Å². The molecule has 0 aliphatic rings. The first kappa shape index (κ1) is 13.5. The molecule has 0 saturated heterocycles. The zero-order chi connectivity index (χ0) is 13.1. The van der Waals surface area contributed by atoms with Crippen molar-refractivity contribution in [3.8, 4) is 0 Å². The van der Waals surface area contributed by atoms with E-state index < -0.39 is 18.7 Å². The highest BCUT2D eigenvalue weighted by atomic mass is 19.4. The highest BCUT2D eigenvalue weighted by Crippen LogP contribution is 2.18. The summed E-state index contributed by atoms with van der Waals surface area (Å²) >= 11 is 0. The van der Waals surface area contributed by atoms with Crippen LogP contribution in [0.5, 0.6) is 0 Å². The van der Waals surface area contributed by atoms with Gasteiger partial charge in [-0.1, -0.05) is 0 Å². The highest BCUT2D eigenvalue weighted by Gasteiger charge is 2.27. The van der Waals surface area contributed by atoms with Crippen LogP contribution in [-0.2, 0) is 11.3 Å². The summed E-state index contributed by atoms with van der Waals surface area (Å²) in [7, 11) is 0. The zero-order valence-corrected chi connectivity index (χ0v) is 8.93. The summed E-state index contributed by atoms with van der Waals surface area (Å²) in [6, 6.07) is 1.29. The SMILES string of the molecule is Cc1oc(C(=O)NN)cc1COCC(F)(F)F. The van der Waals surface area contributed by atoms with E-state index in [9.17, 15) is 18.0 Å².